The van der Waals surface area contributed by atoms with Gasteiger partial charge in [0.2, 0.25) is 5.88 Å². The maximum Gasteiger partial charge on any atom is 0.321 e. The third-order valence-electron chi connectivity index (χ3n) is 5.86. The van der Waals surface area contributed by atoms with Crippen LogP contribution in [0.1, 0.15) is 43.6 Å². The molecule has 1 aliphatic rings. The Morgan fingerprint density at radius 3 is 2.69 bits per heavy atom. The van der Waals surface area contributed by atoms with Gasteiger partial charge in [-0.3, -0.25) is 4.79 Å². The summed E-state index contributed by atoms with van der Waals surface area (Å²) in [6.07, 6.45) is 1.01. The Morgan fingerprint density at radius 2 is 2.06 bits per heavy atom. The molecule has 0 bridgehead atoms. The van der Waals surface area contributed by atoms with E-state index in [9.17, 15) is 19.8 Å². The molecule has 0 saturated heterocycles. The highest BCUT2D eigenvalue weighted by Crippen LogP contribution is 2.27. The van der Waals surface area contributed by atoms with Crippen molar-refractivity contribution in [1.82, 2.24) is 14.8 Å². The first kappa shape index (κ1) is 27.0. The van der Waals surface area contributed by atoms with Crippen molar-refractivity contribution in [2.45, 2.75) is 45.4 Å². The Labute approximate surface area is 212 Å². The summed E-state index contributed by atoms with van der Waals surface area (Å²) in [5, 5.41) is 22.6. The van der Waals surface area contributed by atoms with Crippen LogP contribution in [0, 0.1) is 17.8 Å². The van der Waals surface area contributed by atoms with Crippen molar-refractivity contribution < 1.29 is 24.5 Å². The predicted molar refractivity (Wildman–Crippen MR) is 137 cm³/mol. The number of urea groups is 1. The van der Waals surface area contributed by atoms with E-state index in [4.69, 9.17) is 4.74 Å². The van der Waals surface area contributed by atoms with Crippen LogP contribution in [-0.4, -0.2) is 81.4 Å². The van der Waals surface area contributed by atoms with Crippen LogP contribution >= 0.6 is 0 Å². The molecule has 2 aromatic rings. The standard InChI is InChI=1S/C27H34N4O5/c1-18-15-31(19(2)17-32)25(33)22-13-20(11-12-27(3,4)35)14-28-24(22)36-23(18)16-30(5)26(34)29-21-9-7-6-8-10-21/h6-10,13-14,18-19,23,32,35H,15-17H2,1-5H3,(H,29,34)/t18-,19+,23-/m0/s1. The lowest BCUT2D eigenvalue weighted by atomic mass is 10.00. The van der Waals surface area contributed by atoms with Crippen molar-refractivity contribution >= 4 is 17.6 Å². The van der Waals surface area contributed by atoms with Gasteiger partial charge in [0.15, 0.2) is 0 Å². The molecule has 0 saturated carbocycles. The summed E-state index contributed by atoms with van der Waals surface area (Å²) < 4.78 is 6.21. The molecule has 1 aromatic carbocycles. The molecule has 0 radical (unpaired) electrons. The number of aliphatic hydroxyl groups is 2. The minimum Gasteiger partial charge on any atom is -0.472 e. The van der Waals surface area contributed by atoms with Gasteiger partial charge in [0.05, 0.1) is 19.2 Å². The molecule has 3 atom stereocenters. The molecule has 36 heavy (non-hydrogen) atoms. The molecule has 0 aliphatic carbocycles. The van der Waals surface area contributed by atoms with Crippen LogP contribution in [-0.2, 0) is 0 Å². The lowest BCUT2D eigenvalue weighted by molar-refractivity contribution is 0.0356. The molecule has 1 aliphatic heterocycles. The quantitative estimate of drug-likeness (QED) is 0.551. The number of carbonyl (C=O) groups excluding carboxylic acids is 2. The minimum absolute atomic E-state index is 0.136. The molecular formula is C27H34N4O5. The Hall–Kier alpha value is -3.61. The SMILES string of the molecule is C[C@H](CO)N1C[C@H](C)[C@H](CN(C)C(=O)Nc2ccccc2)Oc2ncc(C#CC(C)(C)O)cc2C1=O. The number of hydrogen-bond acceptors (Lipinski definition) is 6. The average molecular weight is 495 g/mol. The van der Waals surface area contributed by atoms with Gasteiger partial charge in [-0.25, -0.2) is 9.78 Å². The summed E-state index contributed by atoms with van der Waals surface area (Å²) in [6, 6.07) is 10.0. The molecule has 3 N–H and O–H groups in total. The van der Waals surface area contributed by atoms with Crippen molar-refractivity contribution in [3.63, 3.8) is 0 Å². The first-order chi connectivity index (χ1) is 17.0. The summed E-state index contributed by atoms with van der Waals surface area (Å²) in [6.45, 7) is 7.20. The molecule has 9 heteroatoms. The first-order valence-corrected chi connectivity index (χ1v) is 11.9. The number of nitrogens with zero attached hydrogens (tertiary/aromatic N) is 3. The fraction of sp³-hybridized carbons (Fsp3) is 0.444. The van der Waals surface area contributed by atoms with Crippen molar-refractivity contribution in [2.24, 2.45) is 5.92 Å². The number of para-hydroxylation sites is 1. The number of benzene rings is 1. The lowest BCUT2D eigenvalue weighted by Gasteiger charge is -2.37. The Kier molecular flexibility index (Phi) is 8.56. The fourth-order valence-electron chi connectivity index (χ4n) is 3.71. The number of carbonyl (C=O) groups is 2. The Balaban J connectivity index is 1.90. The second-order valence-corrected chi connectivity index (χ2v) is 9.69. The van der Waals surface area contributed by atoms with Gasteiger partial charge in [0.25, 0.3) is 5.91 Å². The highest BCUT2D eigenvalue weighted by atomic mass is 16.5. The van der Waals surface area contributed by atoms with E-state index in [1.807, 2.05) is 25.1 Å². The summed E-state index contributed by atoms with van der Waals surface area (Å²) >= 11 is 0. The topological polar surface area (TPSA) is 115 Å². The fourth-order valence-corrected chi connectivity index (χ4v) is 3.71. The summed E-state index contributed by atoms with van der Waals surface area (Å²) in [5.74, 6) is 5.20. The van der Waals surface area contributed by atoms with Gasteiger partial charge in [-0.05, 0) is 39.0 Å². The van der Waals surface area contributed by atoms with Crippen LogP contribution in [0.2, 0.25) is 0 Å². The number of anilines is 1. The summed E-state index contributed by atoms with van der Waals surface area (Å²) in [5.41, 5.74) is 0.148. The summed E-state index contributed by atoms with van der Waals surface area (Å²) in [4.78, 5) is 33.7. The number of aromatic nitrogens is 1. The highest BCUT2D eigenvalue weighted by Gasteiger charge is 2.34. The van der Waals surface area contributed by atoms with E-state index < -0.39 is 17.7 Å². The first-order valence-electron chi connectivity index (χ1n) is 11.9. The number of fused-ring (bicyclic) bond motifs is 1. The van der Waals surface area contributed by atoms with Crippen molar-refractivity contribution in [3.05, 3.63) is 53.7 Å². The molecular weight excluding hydrogens is 460 g/mol. The van der Waals surface area contributed by atoms with Gasteiger partial charge in [-0.2, -0.15) is 0 Å². The van der Waals surface area contributed by atoms with E-state index in [1.54, 1.807) is 50.9 Å². The third-order valence-corrected chi connectivity index (χ3v) is 5.86. The lowest BCUT2D eigenvalue weighted by Crippen LogP contribution is -2.50. The zero-order valence-corrected chi connectivity index (χ0v) is 21.4. The number of likely N-dealkylation sites (N-methyl/N-ethyl adjacent to an activating group) is 1. The van der Waals surface area contributed by atoms with E-state index >= 15 is 0 Å². The molecule has 3 amide bonds. The van der Waals surface area contributed by atoms with Gasteiger partial charge < -0.3 is 30.1 Å². The number of aliphatic hydroxyl groups excluding tert-OH is 1. The van der Waals surface area contributed by atoms with Crippen molar-refractivity contribution in [1.29, 1.82) is 0 Å². The number of ether oxygens (including phenoxy) is 1. The van der Waals surface area contributed by atoms with Crippen LogP contribution in [0.3, 0.4) is 0 Å². The number of amides is 3. The van der Waals surface area contributed by atoms with E-state index in [2.05, 4.69) is 22.1 Å². The third kappa shape index (κ3) is 6.97. The normalized spacial score (nSPS) is 18.5. The smallest absolute Gasteiger partial charge is 0.321 e. The maximum atomic E-state index is 13.5. The largest absolute Gasteiger partial charge is 0.472 e. The van der Waals surface area contributed by atoms with Crippen molar-refractivity contribution in [2.75, 3.05) is 32.1 Å². The molecule has 3 rings (SSSR count). The zero-order chi connectivity index (χ0) is 26.5. The van der Waals surface area contributed by atoms with E-state index in [-0.39, 0.29) is 42.5 Å². The zero-order valence-electron chi connectivity index (χ0n) is 21.4. The van der Waals surface area contributed by atoms with E-state index in [0.29, 0.717) is 17.8 Å². The van der Waals surface area contributed by atoms with Crippen LogP contribution in [0.15, 0.2) is 42.6 Å². The van der Waals surface area contributed by atoms with E-state index in [0.717, 1.165) is 0 Å². The monoisotopic (exact) mass is 494 g/mol. The molecule has 9 nitrogen and oxygen atoms in total. The molecule has 192 valence electrons. The Morgan fingerprint density at radius 1 is 1.36 bits per heavy atom. The van der Waals surface area contributed by atoms with Gasteiger partial charge in [0.1, 0.15) is 17.3 Å². The van der Waals surface area contributed by atoms with Crippen LogP contribution in [0.25, 0.3) is 0 Å². The van der Waals surface area contributed by atoms with Gasteiger partial charge >= 0.3 is 6.03 Å². The highest BCUT2D eigenvalue weighted by molar-refractivity contribution is 5.97. The van der Waals surface area contributed by atoms with Crippen LogP contribution in [0.5, 0.6) is 5.88 Å². The van der Waals surface area contributed by atoms with Crippen LogP contribution < -0.4 is 10.1 Å². The summed E-state index contributed by atoms with van der Waals surface area (Å²) in [7, 11) is 1.68. The number of pyridine rings is 1. The number of hydrogen-bond donors (Lipinski definition) is 3. The number of rotatable bonds is 5. The maximum absolute atomic E-state index is 13.5. The van der Waals surface area contributed by atoms with Gasteiger partial charge in [0, 0.05) is 37.0 Å². The number of nitrogens with one attached hydrogen (secondary N) is 1. The minimum atomic E-state index is -1.20. The second-order valence-electron chi connectivity index (χ2n) is 9.69. The van der Waals surface area contributed by atoms with Crippen LogP contribution in [0.4, 0.5) is 10.5 Å². The van der Waals surface area contributed by atoms with Gasteiger partial charge in [-0.1, -0.05) is 37.0 Å². The second kappa shape index (κ2) is 11.4. The molecule has 1 aromatic heterocycles. The molecule has 0 fully saturated rings. The van der Waals surface area contributed by atoms with Gasteiger partial charge in [-0.15, -0.1) is 0 Å². The molecule has 2 heterocycles. The molecule has 0 spiro atoms. The Bertz CT molecular complexity index is 1140. The predicted octanol–water partition coefficient (Wildman–Crippen LogP) is 2.59. The average Bonchev–Trinajstić information content (AvgIpc) is 2.84. The molecule has 0 unspecified atom stereocenters. The van der Waals surface area contributed by atoms with E-state index in [1.165, 1.54) is 11.1 Å². The van der Waals surface area contributed by atoms with Crippen molar-refractivity contribution in [3.8, 4) is 17.7 Å².